The molecule has 0 saturated heterocycles. The van der Waals surface area contributed by atoms with E-state index >= 15 is 0 Å². The topological polar surface area (TPSA) is 55.4 Å². The number of hydrogen-bond acceptors (Lipinski definition) is 4. The van der Waals surface area contributed by atoms with E-state index in [0.717, 1.165) is 0 Å². The van der Waals surface area contributed by atoms with Crippen molar-refractivity contribution in [2.75, 3.05) is 18.5 Å². The first-order valence-electron chi connectivity index (χ1n) is 6.76. The van der Waals surface area contributed by atoms with Crippen LogP contribution in [0.3, 0.4) is 0 Å². The molecule has 1 N–H and O–H groups in total. The van der Waals surface area contributed by atoms with Gasteiger partial charge in [0, 0.05) is 6.61 Å². The van der Waals surface area contributed by atoms with Crippen molar-refractivity contribution in [2.45, 2.75) is 37.5 Å². The molecule has 0 heterocycles. The zero-order valence-electron chi connectivity index (χ0n) is 12.3. The molecule has 1 aromatic rings. The van der Waals surface area contributed by atoms with E-state index in [9.17, 15) is 17.2 Å². The first-order valence-corrected chi connectivity index (χ1v) is 8.30. The lowest BCUT2D eigenvalue weighted by Gasteiger charge is -2.24. The van der Waals surface area contributed by atoms with Crippen molar-refractivity contribution in [3.8, 4) is 0 Å². The highest BCUT2D eigenvalue weighted by Crippen LogP contribution is 2.27. The molecule has 0 amide bonds. The van der Waals surface area contributed by atoms with Crippen LogP contribution in [0.2, 0.25) is 0 Å². The van der Waals surface area contributed by atoms with Crippen molar-refractivity contribution in [3.05, 3.63) is 24.3 Å². The van der Waals surface area contributed by atoms with Gasteiger partial charge in [0.25, 0.3) is 0 Å². The van der Waals surface area contributed by atoms with Gasteiger partial charge in [0.15, 0.2) is 0 Å². The number of nitrogens with one attached hydrogen (secondary N) is 1. The van der Waals surface area contributed by atoms with E-state index in [-0.39, 0.29) is 22.5 Å². The fraction of sp³-hybridized carbons (Fsp3) is 0.571. The smallest absolute Gasteiger partial charge is 0.341 e. The van der Waals surface area contributed by atoms with Gasteiger partial charge in [-0.05, 0) is 25.0 Å². The molecule has 0 aromatic heterocycles. The second kappa shape index (κ2) is 7.70. The maximum atomic E-state index is 12.7. The Hall–Kier alpha value is -1.21. The quantitative estimate of drug-likeness (QED) is 0.799. The van der Waals surface area contributed by atoms with Gasteiger partial charge >= 0.3 is 5.76 Å². The number of halogens is 2. The van der Waals surface area contributed by atoms with Crippen LogP contribution in [0.25, 0.3) is 0 Å². The highest BCUT2D eigenvalue weighted by Gasteiger charge is 2.29. The van der Waals surface area contributed by atoms with E-state index in [1.54, 1.807) is 6.07 Å². The Bertz CT molecular complexity index is 547. The Morgan fingerprint density at radius 3 is 2.38 bits per heavy atom. The maximum Gasteiger partial charge on any atom is 0.341 e. The minimum Gasteiger partial charge on any atom is -0.380 e. The third-order valence-electron chi connectivity index (χ3n) is 3.08. The van der Waals surface area contributed by atoms with Crippen LogP contribution in [-0.2, 0) is 14.6 Å². The van der Waals surface area contributed by atoms with E-state index in [1.807, 2.05) is 20.8 Å². The van der Waals surface area contributed by atoms with Gasteiger partial charge in [-0.1, -0.05) is 26.0 Å². The average Bonchev–Trinajstić information content (AvgIpc) is 2.43. The molecule has 0 bridgehead atoms. The summed E-state index contributed by atoms with van der Waals surface area (Å²) in [5.74, 6) is -3.29. The fourth-order valence-corrected chi connectivity index (χ4v) is 2.67. The van der Waals surface area contributed by atoms with Crippen molar-refractivity contribution in [3.63, 3.8) is 0 Å². The largest absolute Gasteiger partial charge is 0.380 e. The summed E-state index contributed by atoms with van der Waals surface area (Å²) in [6.07, 6.45) is 0. The summed E-state index contributed by atoms with van der Waals surface area (Å²) in [4.78, 5) is -0.387. The number of ether oxygens (including phenoxy) is 1. The van der Waals surface area contributed by atoms with Crippen LogP contribution in [0.15, 0.2) is 29.2 Å². The number of benzene rings is 1. The van der Waals surface area contributed by atoms with Gasteiger partial charge in [-0.25, -0.2) is 8.42 Å². The minimum atomic E-state index is -4.64. The molecule has 1 atom stereocenters. The van der Waals surface area contributed by atoms with Crippen LogP contribution in [0.1, 0.15) is 20.8 Å². The molecule has 7 heteroatoms. The van der Waals surface area contributed by atoms with Crippen LogP contribution in [0.4, 0.5) is 14.5 Å². The van der Waals surface area contributed by atoms with E-state index < -0.39 is 15.6 Å². The molecule has 0 fully saturated rings. The lowest BCUT2D eigenvalue weighted by atomic mass is 10.1. The minimum absolute atomic E-state index is 0.152. The third kappa shape index (κ3) is 4.64. The van der Waals surface area contributed by atoms with Gasteiger partial charge in [-0.2, -0.15) is 8.78 Å². The summed E-state index contributed by atoms with van der Waals surface area (Å²) in [5, 5.41) is 3.01. The molecule has 0 radical (unpaired) electrons. The normalized spacial score (nSPS) is 13.7. The molecular formula is C14H21F2NO3S. The predicted molar refractivity (Wildman–Crippen MR) is 78.4 cm³/mol. The number of rotatable bonds is 8. The summed E-state index contributed by atoms with van der Waals surface area (Å²) >= 11 is 0. The zero-order chi connectivity index (χ0) is 16.0. The van der Waals surface area contributed by atoms with Crippen LogP contribution in [-0.4, -0.2) is 33.4 Å². The summed E-state index contributed by atoms with van der Waals surface area (Å²) in [6, 6.07) is 5.52. The van der Waals surface area contributed by atoms with Crippen LogP contribution in [0, 0.1) is 5.92 Å². The molecule has 4 nitrogen and oxygen atoms in total. The van der Waals surface area contributed by atoms with Crippen LogP contribution < -0.4 is 5.32 Å². The monoisotopic (exact) mass is 321 g/mol. The average molecular weight is 321 g/mol. The standard InChI is InChI=1S/C14H21F2NO3S/c1-4-20-9-12(10(2)3)17-11-7-5-6-8-13(11)21(18,19)14(15)16/h5-8,10,12,14,17H,4,9H2,1-3H3. The lowest BCUT2D eigenvalue weighted by Crippen LogP contribution is -2.31. The van der Waals surface area contributed by atoms with Gasteiger partial charge in [0.1, 0.15) is 0 Å². The predicted octanol–water partition coefficient (Wildman–Crippen LogP) is 3.16. The van der Waals surface area contributed by atoms with Crippen molar-refractivity contribution < 1.29 is 21.9 Å². The van der Waals surface area contributed by atoms with Gasteiger partial charge in [0.2, 0.25) is 9.84 Å². The van der Waals surface area contributed by atoms with Crippen LogP contribution >= 0.6 is 0 Å². The zero-order valence-corrected chi connectivity index (χ0v) is 13.2. The number of para-hydroxylation sites is 1. The van der Waals surface area contributed by atoms with Crippen molar-refractivity contribution in [1.29, 1.82) is 0 Å². The Kier molecular flexibility index (Phi) is 6.54. The molecule has 1 rings (SSSR count). The molecule has 21 heavy (non-hydrogen) atoms. The number of alkyl halides is 2. The Morgan fingerprint density at radius 2 is 1.86 bits per heavy atom. The SMILES string of the molecule is CCOCC(Nc1ccccc1S(=O)(=O)C(F)F)C(C)C. The Labute approximate surface area is 124 Å². The molecular weight excluding hydrogens is 300 g/mol. The molecule has 0 spiro atoms. The third-order valence-corrected chi connectivity index (χ3v) is 4.51. The molecule has 120 valence electrons. The Morgan fingerprint density at radius 1 is 1.24 bits per heavy atom. The molecule has 1 aromatic carbocycles. The Balaban J connectivity index is 3.08. The van der Waals surface area contributed by atoms with E-state index in [1.165, 1.54) is 18.2 Å². The molecule has 0 aliphatic heterocycles. The molecule has 0 aliphatic carbocycles. The van der Waals surface area contributed by atoms with Crippen molar-refractivity contribution in [1.82, 2.24) is 0 Å². The van der Waals surface area contributed by atoms with E-state index in [2.05, 4.69) is 5.32 Å². The van der Waals surface area contributed by atoms with Crippen LogP contribution in [0.5, 0.6) is 0 Å². The van der Waals surface area contributed by atoms with E-state index in [0.29, 0.717) is 13.2 Å². The highest BCUT2D eigenvalue weighted by molar-refractivity contribution is 7.91. The van der Waals surface area contributed by atoms with Crippen molar-refractivity contribution >= 4 is 15.5 Å². The molecule has 0 saturated carbocycles. The van der Waals surface area contributed by atoms with Gasteiger partial charge < -0.3 is 10.1 Å². The summed E-state index contributed by atoms with van der Waals surface area (Å²) in [7, 11) is -4.64. The second-order valence-electron chi connectivity index (χ2n) is 4.96. The highest BCUT2D eigenvalue weighted by atomic mass is 32.2. The number of hydrogen-bond donors (Lipinski definition) is 1. The first kappa shape index (κ1) is 17.8. The van der Waals surface area contributed by atoms with E-state index in [4.69, 9.17) is 4.74 Å². The maximum absolute atomic E-state index is 12.7. The fourth-order valence-electron chi connectivity index (χ4n) is 1.78. The molecule has 1 unspecified atom stereocenters. The van der Waals surface area contributed by atoms with Gasteiger partial charge in [-0.3, -0.25) is 0 Å². The van der Waals surface area contributed by atoms with Gasteiger partial charge in [-0.15, -0.1) is 0 Å². The molecule has 0 aliphatic rings. The summed E-state index contributed by atoms with van der Waals surface area (Å²) < 4.78 is 54.2. The summed E-state index contributed by atoms with van der Waals surface area (Å²) in [5.41, 5.74) is 0.177. The van der Waals surface area contributed by atoms with Crippen molar-refractivity contribution in [2.24, 2.45) is 5.92 Å². The van der Waals surface area contributed by atoms with Gasteiger partial charge in [0.05, 0.1) is 23.2 Å². The second-order valence-corrected chi connectivity index (χ2v) is 6.84. The number of sulfone groups is 1. The summed E-state index contributed by atoms with van der Waals surface area (Å²) in [6.45, 7) is 6.65. The first-order chi connectivity index (χ1) is 9.80. The lowest BCUT2D eigenvalue weighted by molar-refractivity contribution is 0.126. The number of anilines is 1.